The summed E-state index contributed by atoms with van der Waals surface area (Å²) in [7, 11) is 0. The summed E-state index contributed by atoms with van der Waals surface area (Å²) in [6.45, 7) is 6.34. The second kappa shape index (κ2) is 5.96. The topological polar surface area (TPSA) is 59.2 Å². The summed E-state index contributed by atoms with van der Waals surface area (Å²) in [5.41, 5.74) is 1.94. The van der Waals surface area contributed by atoms with Crippen LogP contribution < -0.4 is 10.3 Å². The van der Waals surface area contributed by atoms with Gasteiger partial charge in [0, 0.05) is 11.5 Å². The summed E-state index contributed by atoms with van der Waals surface area (Å²) in [6, 6.07) is 15.9. The van der Waals surface area contributed by atoms with Crippen molar-refractivity contribution in [2.24, 2.45) is 0 Å². The maximum atomic E-state index is 12.4. The summed E-state index contributed by atoms with van der Waals surface area (Å²) >= 11 is 0. The highest BCUT2D eigenvalue weighted by atomic mass is 16.5. The first-order chi connectivity index (χ1) is 11.3. The van der Waals surface area contributed by atoms with Gasteiger partial charge in [-0.05, 0) is 35.2 Å². The molecule has 0 aliphatic heterocycles. The molecule has 0 bridgehead atoms. The number of nitrogens with one attached hydrogen (secondary N) is 1. The van der Waals surface area contributed by atoms with Crippen molar-refractivity contribution in [3.8, 4) is 5.75 Å². The van der Waals surface area contributed by atoms with Crippen molar-refractivity contribution in [1.82, 2.24) is 4.98 Å². The molecule has 3 aromatic rings. The second-order valence-electron chi connectivity index (χ2n) is 6.76. The molecule has 1 heterocycles. The van der Waals surface area contributed by atoms with Crippen LogP contribution in [0.4, 0.5) is 0 Å². The Kier molecular flexibility index (Phi) is 3.97. The number of aromatic nitrogens is 1. The monoisotopic (exact) mass is 321 g/mol. The van der Waals surface area contributed by atoms with Crippen LogP contribution in [0.15, 0.2) is 59.4 Å². The van der Waals surface area contributed by atoms with Gasteiger partial charge in [0.1, 0.15) is 5.75 Å². The number of ether oxygens (including phenoxy) is 1. The quantitative estimate of drug-likeness (QED) is 0.725. The van der Waals surface area contributed by atoms with Crippen molar-refractivity contribution in [3.05, 3.63) is 76.1 Å². The molecule has 24 heavy (non-hydrogen) atoms. The molecule has 0 saturated heterocycles. The minimum Gasteiger partial charge on any atom is -0.422 e. The Labute approximate surface area is 140 Å². The van der Waals surface area contributed by atoms with Gasteiger partial charge in [0.2, 0.25) is 0 Å². The van der Waals surface area contributed by atoms with Crippen LogP contribution in [-0.4, -0.2) is 11.0 Å². The molecule has 0 amide bonds. The predicted octanol–water partition coefficient (Wildman–Crippen LogP) is 4.04. The molecule has 3 rings (SSSR count). The van der Waals surface area contributed by atoms with Gasteiger partial charge in [0.25, 0.3) is 5.56 Å². The fraction of sp³-hybridized carbons (Fsp3) is 0.200. The molecule has 0 atom stereocenters. The van der Waals surface area contributed by atoms with E-state index in [1.807, 2.05) is 24.3 Å². The first-order valence-electron chi connectivity index (χ1n) is 7.79. The average Bonchev–Trinajstić information content (AvgIpc) is 2.54. The van der Waals surface area contributed by atoms with E-state index in [1.54, 1.807) is 24.3 Å². The molecular weight excluding hydrogens is 302 g/mol. The molecule has 4 heteroatoms. The van der Waals surface area contributed by atoms with Crippen LogP contribution in [0.5, 0.6) is 5.75 Å². The lowest BCUT2D eigenvalue weighted by atomic mass is 9.87. The van der Waals surface area contributed by atoms with E-state index in [2.05, 4.69) is 25.8 Å². The summed E-state index contributed by atoms with van der Waals surface area (Å²) in [5.74, 6) is -0.217. The molecule has 0 aliphatic carbocycles. The SMILES string of the molecule is CC(C)(C)c1ccc(C(=O)Oc2cc(=O)[nH]c3ccccc23)cc1. The number of para-hydroxylation sites is 1. The van der Waals surface area contributed by atoms with Gasteiger partial charge in [-0.25, -0.2) is 4.79 Å². The van der Waals surface area contributed by atoms with Gasteiger partial charge in [-0.2, -0.15) is 0 Å². The predicted molar refractivity (Wildman–Crippen MR) is 94.7 cm³/mol. The minimum atomic E-state index is -0.480. The molecule has 122 valence electrons. The van der Waals surface area contributed by atoms with Crippen molar-refractivity contribution < 1.29 is 9.53 Å². The Hall–Kier alpha value is -2.88. The molecule has 2 aromatic carbocycles. The third-order valence-electron chi connectivity index (χ3n) is 3.90. The summed E-state index contributed by atoms with van der Waals surface area (Å²) in [5, 5.41) is 0.691. The first kappa shape index (κ1) is 16.0. The van der Waals surface area contributed by atoms with E-state index in [1.165, 1.54) is 6.07 Å². The normalized spacial score (nSPS) is 11.5. The molecule has 0 aliphatic rings. The number of hydrogen-bond acceptors (Lipinski definition) is 3. The van der Waals surface area contributed by atoms with E-state index < -0.39 is 5.97 Å². The lowest BCUT2D eigenvalue weighted by molar-refractivity contribution is 0.0737. The number of pyridine rings is 1. The number of benzene rings is 2. The van der Waals surface area contributed by atoms with Crippen LogP contribution in [0.1, 0.15) is 36.7 Å². The Morgan fingerprint density at radius 3 is 2.33 bits per heavy atom. The number of aromatic amines is 1. The standard InChI is InChI=1S/C20H19NO3/c1-20(2,3)14-10-8-13(9-11-14)19(23)24-17-12-18(22)21-16-7-5-4-6-15(16)17/h4-12H,1-3H3,(H,21,22). The number of carbonyl (C=O) groups excluding carboxylic acids is 1. The van der Waals surface area contributed by atoms with Gasteiger partial charge in [0.15, 0.2) is 0 Å². The third-order valence-corrected chi connectivity index (χ3v) is 3.90. The van der Waals surface area contributed by atoms with Gasteiger partial charge in [-0.3, -0.25) is 4.79 Å². The van der Waals surface area contributed by atoms with Gasteiger partial charge in [-0.15, -0.1) is 0 Å². The number of fused-ring (bicyclic) bond motifs is 1. The van der Waals surface area contributed by atoms with Crippen molar-refractivity contribution in [2.45, 2.75) is 26.2 Å². The minimum absolute atomic E-state index is 0.0192. The third kappa shape index (κ3) is 3.23. The highest BCUT2D eigenvalue weighted by Gasteiger charge is 2.16. The van der Waals surface area contributed by atoms with Gasteiger partial charge >= 0.3 is 5.97 Å². The molecule has 0 fully saturated rings. The fourth-order valence-electron chi connectivity index (χ4n) is 2.52. The van der Waals surface area contributed by atoms with Gasteiger partial charge in [0.05, 0.1) is 11.1 Å². The average molecular weight is 321 g/mol. The Balaban J connectivity index is 1.92. The van der Waals surface area contributed by atoms with Crippen LogP contribution in [0.25, 0.3) is 10.9 Å². The molecule has 0 unspecified atom stereocenters. The highest BCUT2D eigenvalue weighted by molar-refractivity contribution is 5.94. The van der Waals surface area contributed by atoms with Crippen molar-refractivity contribution >= 4 is 16.9 Å². The van der Waals surface area contributed by atoms with Gasteiger partial charge < -0.3 is 9.72 Å². The van der Waals surface area contributed by atoms with E-state index in [0.29, 0.717) is 16.5 Å². The number of rotatable bonds is 2. The zero-order chi connectivity index (χ0) is 17.3. The first-order valence-corrected chi connectivity index (χ1v) is 7.79. The number of carbonyl (C=O) groups is 1. The number of H-pyrrole nitrogens is 1. The fourth-order valence-corrected chi connectivity index (χ4v) is 2.52. The summed E-state index contributed by atoms with van der Waals surface area (Å²) < 4.78 is 5.46. The van der Waals surface area contributed by atoms with E-state index in [4.69, 9.17) is 4.74 Å². The van der Waals surface area contributed by atoms with Crippen molar-refractivity contribution in [3.63, 3.8) is 0 Å². The smallest absolute Gasteiger partial charge is 0.343 e. The summed E-state index contributed by atoms with van der Waals surface area (Å²) in [4.78, 5) is 26.8. The van der Waals surface area contributed by atoms with Crippen LogP contribution in [0.2, 0.25) is 0 Å². The van der Waals surface area contributed by atoms with Crippen LogP contribution in [-0.2, 0) is 5.41 Å². The molecule has 0 saturated carbocycles. The molecule has 0 spiro atoms. The Bertz CT molecular complexity index is 947. The number of esters is 1. The largest absolute Gasteiger partial charge is 0.422 e. The Morgan fingerprint density at radius 1 is 1.00 bits per heavy atom. The maximum Gasteiger partial charge on any atom is 0.343 e. The molecular formula is C20H19NO3. The van der Waals surface area contributed by atoms with E-state index in [-0.39, 0.29) is 16.7 Å². The van der Waals surface area contributed by atoms with E-state index in [9.17, 15) is 9.59 Å². The van der Waals surface area contributed by atoms with Gasteiger partial charge in [-0.1, -0.05) is 45.0 Å². The van der Waals surface area contributed by atoms with Crippen LogP contribution in [0.3, 0.4) is 0 Å². The van der Waals surface area contributed by atoms with Crippen LogP contribution in [0, 0.1) is 0 Å². The lowest BCUT2D eigenvalue weighted by Gasteiger charge is -2.18. The zero-order valence-corrected chi connectivity index (χ0v) is 13.9. The molecule has 4 nitrogen and oxygen atoms in total. The van der Waals surface area contributed by atoms with Crippen molar-refractivity contribution in [1.29, 1.82) is 0 Å². The van der Waals surface area contributed by atoms with Crippen LogP contribution >= 0.6 is 0 Å². The number of hydrogen-bond donors (Lipinski definition) is 1. The Morgan fingerprint density at radius 2 is 1.67 bits per heavy atom. The molecule has 1 N–H and O–H groups in total. The molecule has 0 radical (unpaired) electrons. The van der Waals surface area contributed by atoms with Crippen molar-refractivity contribution in [2.75, 3.05) is 0 Å². The summed E-state index contributed by atoms with van der Waals surface area (Å²) in [6.07, 6.45) is 0. The maximum absolute atomic E-state index is 12.4. The second-order valence-corrected chi connectivity index (χ2v) is 6.76. The zero-order valence-electron chi connectivity index (χ0n) is 13.9. The highest BCUT2D eigenvalue weighted by Crippen LogP contribution is 2.24. The van der Waals surface area contributed by atoms with E-state index in [0.717, 1.165) is 5.56 Å². The molecule has 1 aromatic heterocycles. The lowest BCUT2D eigenvalue weighted by Crippen LogP contribution is -2.14. The van der Waals surface area contributed by atoms with E-state index >= 15 is 0 Å².